The number of hydrogen-bond donors (Lipinski definition) is 1. The van der Waals surface area contributed by atoms with Gasteiger partial charge in [-0.1, -0.05) is 11.8 Å². The van der Waals surface area contributed by atoms with E-state index in [4.69, 9.17) is 5.73 Å². The molecule has 2 N–H and O–H groups in total. The van der Waals surface area contributed by atoms with E-state index < -0.39 is 0 Å². The van der Waals surface area contributed by atoms with Crippen LogP contribution in [-0.2, 0) is 4.79 Å². The number of pyridine rings is 1. The van der Waals surface area contributed by atoms with Crippen LogP contribution in [-0.4, -0.2) is 60.3 Å². The Morgan fingerprint density at radius 2 is 2.10 bits per heavy atom. The highest BCUT2D eigenvalue weighted by atomic mass is 16.2. The fraction of sp³-hybridized carbons (Fsp3) is 0.400. The zero-order chi connectivity index (χ0) is 15.8. The summed E-state index contributed by atoms with van der Waals surface area (Å²) in [5, 5.41) is 0. The summed E-state index contributed by atoms with van der Waals surface area (Å²) < 4.78 is 0. The van der Waals surface area contributed by atoms with Crippen molar-refractivity contribution in [2.24, 2.45) is 5.73 Å². The zero-order valence-corrected chi connectivity index (χ0v) is 12.6. The quantitative estimate of drug-likeness (QED) is 0.787. The van der Waals surface area contributed by atoms with E-state index in [1.165, 1.54) is 16.0 Å². The van der Waals surface area contributed by atoms with Gasteiger partial charge in [0.1, 0.15) is 12.2 Å². The number of likely N-dealkylation sites (N-methyl/N-ethyl adjacent to an activating group) is 2. The van der Waals surface area contributed by atoms with E-state index >= 15 is 0 Å². The molecule has 0 bridgehead atoms. The molecule has 0 radical (unpaired) electrons. The van der Waals surface area contributed by atoms with Crippen molar-refractivity contribution in [3.63, 3.8) is 0 Å². The number of nitrogens with zero attached hydrogens (tertiary/aromatic N) is 3. The smallest absolute Gasteiger partial charge is 0.274 e. The SMILES string of the molecule is CCN(CC(=O)N(C)C)C(=O)c1ncccc1C#CCN. The van der Waals surface area contributed by atoms with E-state index in [-0.39, 0.29) is 30.6 Å². The molecule has 6 nitrogen and oxygen atoms in total. The van der Waals surface area contributed by atoms with Crippen molar-refractivity contribution in [3.8, 4) is 11.8 Å². The van der Waals surface area contributed by atoms with Gasteiger partial charge in [0.05, 0.1) is 12.1 Å². The first kappa shape index (κ1) is 16.7. The standard InChI is InChI=1S/C15H20N4O2/c1-4-19(11-13(20)18(2)3)15(21)14-12(7-5-9-16)8-6-10-17-14/h6,8,10H,4,9,11,16H2,1-3H3. The van der Waals surface area contributed by atoms with Crippen molar-refractivity contribution in [1.29, 1.82) is 0 Å². The minimum atomic E-state index is -0.311. The molecule has 6 heteroatoms. The maximum atomic E-state index is 12.5. The molecule has 0 fully saturated rings. The van der Waals surface area contributed by atoms with Crippen LogP contribution in [0.1, 0.15) is 23.0 Å². The molecule has 1 rings (SSSR count). The summed E-state index contributed by atoms with van der Waals surface area (Å²) in [6, 6.07) is 3.42. The number of rotatable bonds is 4. The van der Waals surface area contributed by atoms with Crippen LogP contribution in [0.25, 0.3) is 0 Å². The molecule has 1 aromatic rings. The number of aromatic nitrogens is 1. The second kappa shape index (κ2) is 8.02. The van der Waals surface area contributed by atoms with Crippen molar-refractivity contribution >= 4 is 11.8 Å². The Morgan fingerprint density at radius 3 is 2.67 bits per heavy atom. The van der Waals surface area contributed by atoms with Gasteiger partial charge in [0, 0.05) is 26.8 Å². The second-order valence-corrected chi connectivity index (χ2v) is 4.51. The van der Waals surface area contributed by atoms with Crippen LogP contribution in [0.4, 0.5) is 0 Å². The number of amides is 2. The molecule has 112 valence electrons. The van der Waals surface area contributed by atoms with E-state index in [2.05, 4.69) is 16.8 Å². The Balaban J connectivity index is 3.03. The summed E-state index contributed by atoms with van der Waals surface area (Å²) in [4.78, 5) is 31.3. The lowest BCUT2D eigenvalue weighted by atomic mass is 10.1. The Hall–Kier alpha value is -2.39. The van der Waals surface area contributed by atoms with Crippen LogP contribution in [0.3, 0.4) is 0 Å². The number of hydrogen-bond acceptors (Lipinski definition) is 4. The highest BCUT2D eigenvalue weighted by Gasteiger charge is 2.21. The van der Waals surface area contributed by atoms with Gasteiger partial charge in [-0.25, -0.2) is 4.98 Å². The molecule has 21 heavy (non-hydrogen) atoms. The molecule has 0 aromatic carbocycles. The molecule has 0 saturated heterocycles. The van der Waals surface area contributed by atoms with Gasteiger partial charge in [-0.05, 0) is 19.1 Å². The van der Waals surface area contributed by atoms with E-state index in [1.807, 2.05) is 6.92 Å². The maximum absolute atomic E-state index is 12.5. The Kier molecular flexibility index (Phi) is 6.37. The Bertz CT molecular complexity index is 573. The van der Waals surface area contributed by atoms with Crippen LogP contribution in [0.15, 0.2) is 18.3 Å². The molecule has 0 saturated carbocycles. The Labute approximate surface area is 124 Å². The normalized spacial score (nSPS) is 9.52. The van der Waals surface area contributed by atoms with Crippen molar-refractivity contribution in [3.05, 3.63) is 29.6 Å². The zero-order valence-electron chi connectivity index (χ0n) is 12.6. The van der Waals surface area contributed by atoms with Gasteiger partial charge in [-0.3, -0.25) is 9.59 Å². The van der Waals surface area contributed by atoms with Gasteiger partial charge in [0.15, 0.2) is 0 Å². The van der Waals surface area contributed by atoms with E-state index in [1.54, 1.807) is 26.2 Å². The van der Waals surface area contributed by atoms with E-state index in [9.17, 15) is 9.59 Å². The summed E-state index contributed by atoms with van der Waals surface area (Å²) in [6.45, 7) is 2.45. The third kappa shape index (κ3) is 4.58. The predicted octanol–water partition coefficient (Wildman–Crippen LogP) is -0.0579. The van der Waals surface area contributed by atoms with Crippen molar-refractivity contribution < 1.29 is 9.59 Å². The average Bonchev–Trinajstić information content (AvgIpc) is 2.49. The topological polar surface area (TPSA) is 79.5 Å². The Morgan fingerprint density at radius 1 is 1.38 bits per heavy atom. The lowest BCUT2D eigenvalue weighted by Crippen LogP contribution is -2.40. The highest BCUT2D eigenvalue weighted by Crippen LogP contribution is 2.08. The minimum Gasteiger partial charge on any atom is -0.347 e. The van der Waals surface area contributed by atoms with Gasteiger partial charge in [0.25, 0.3) is 5.91 Å². The molecule has 0 spiro atoms. The summed E-state index contributed by atoms with van der Waals surface area (Å²) >= 11 is 0. The predicted molar refractivity (Wildman–Crippen MR) is 80.4 cm³/mol. The van der Waals surface area contributed by atoms with Crippen LogP contribution >= 0.6 is 0 Å². The molecule has 0 aliphatic heterocycles. The molecular formula is C15H20N4O2. The summed E-state index contributed by atoms with van der Waals surface area (Å²) in [7, 11) is 3.30. The first-order valence-electron chi connectivity index (χ1n) is 6.64. The van der Waals surface area contributed by atoms with Crippen molar-refractivity contribution in [1.82, 2.24) is 14.8 Å². The van der Waals surface area contributed by atoms with Gasteiger partial charge in [-0.2, -0.15) is 0 Å². The first-order chi connectivity index (χ1) is 10.0. The molecule has 2 amide bonds. The maximum Gasteiger partial charge on any atom is 0.274 e. The van der Waals surface area contributed by atoms with Gasteiger partial charge >= 0.3 is 0 Å². The fourth-order valence-corrected chi connectivity index (χ4v) is 1.60. The lowest BCUT2D eigenvalue weighted by Gasteiger charge is -2.22. The van der Waals surface area contributed by atoms with E-state index in [0.29, 0.717) is 12.1 Å². The summed E-state index contributed by atoms with van der Waals surface area (Å²) in [6.07, 6.45) is 1.53. The second-order valence-electron chi connectivity index (χ2n) is 4.51. The number of nitrogens with two attached hydrogens (primary N) is 1. The molecule has 1 aromatic heterocycles. The summed E-state index contributed by atoms with van der Waals surface area (Å²) in [5.74, 6) is 5.08. The number of carbonyl (C=O) groups is 2. The van der Waals surface area contributed by atoms with Crippen LogP contribution in [0.2, 0.25) is 0 Å². The third-order valence-corrected chi connectivity index (χ3v) is 2.83. The largest absolute Gasteiger partial charge is 0.347 e. The molecule has 1 heterocycles. The summed E-state index contributed by atoms with van der Waals surface area (Å²) in [5.41, 5.74) is 6.11. The average molecular weight is 288 g/mol. The van der Waals surface area contributed by atoms with Crippen molar-refractivity contribution in [2.75, 3.05) is 33.7 Å². The minimum absolute atomic E-state index is 0.0165. The third-order valence-electron chi connectivity index (χ3n) is 2.83. The molecule has 0 unspecified atom stereocenters. The molecule has 0 aliphatic carbocycles. The van der Waals surface area contributed by atoms with Gasteiger partial charge in [-0.15, -0.1) is 0 Å². The lowest BCUT2D eigenvalue weighted by molar-refractivity contribution is -0.129. The molecule has 0 atom stereocenters. The fourth-order valence-electron chi connectivity index (χ4n) is 1.60. The first-order valence-corrected chi connectivity index (χ1v) is 6.64. The monoisotopic (exact) mass is 288 g/mol. The van der Waals surface area contributed by atoms with Crippen LogP contribution in [0, 0.1) is 11.8 Å². The van der Waals surface area contributed by atoms with Crippen LogP contribution < -0.4 is 5.73 Å². The molecule has 0 aliphatic rings. The number of carbonyl (C=O) groups excluding carboxylic acids is 2. The van der Waals surface area contributed by atoms with Crippen LogP contribution in [0.5, 0.6) is 0 Å². The van der Waals surface area contributed by atoms with E-state index in [0.717, 1.165) is 0 Å². The van der Waals surface area contributed by atoms with Crippen molar-refractivity contribution in [2.45, 2.75) is 6.92 Å². The van der Waals surface area contributed by atoms with Gasteiger partial charge < -0.3 is 15.5 Å². The van der Waals surface area contributed by atoms with Gasteiger partial charge in [0.2, 0.25) is 5.91 Å². The highest BCUT2D eigenvalue weighted by molar-refractivity contribution is 5.96. The molecular weight excluding hydrogens is 268 g/mol.